The normalized spacial score (nSPS) is 35.4. The minimum Gasteiger partial charge on any atom is -0.396 e. The highest BCUT2D eigenvalue weighted by atomic mass is 16.3. The Morgan fingerprint density at radius 1 is 1.14 bits per heavy atom. The quantitative estimate of drug-likeness (QED) is 0.839. The molecular formula is C17H28N2O3. The lowest BCUT2D eigenvalue weighted by Gasteiger charge is -2.57. The monoisotopic (exact) mass is 308 g/mol. The molecule has 2 heterocycles. The first-order valence-corrected chi connectivity index (χ1v) is 8.73. The Kier molecular flexibility index (Phi) is 4.44. The standard InChI is InChI=1S/C17H28N2O3/c1-13(21)18-9-2-3-15(11-18)16(22)19-10-8-17(19)6-4-14(12-20)5-7-17/h14-15,20H,2-12H2,1H3. The lowest BCUT2D eigenvalue weighted by molar-refractivity contribution is -0.158. The van der Waals surface area contributed by atoms with E-state index >= 15 is 0 Å². The van der Waals surface area contributed by atoms with Gasteiger partial charge in [-0.25, -0.2) is 0 Å². The lowest BCUT2D eigenvalue weighted by atomic mass is 9.69. The Bertz CT molecular complexity index is 443. The van der Waals surface area contributed by atoms with Gasteiger partial charge in [-0.2, -0.15) is 0 Å². The second-order valence-corrected chi connectivity index (χ2v) is 7.39. The van der Waals surface area contributed by atoms with Crippen molar-refractivity contribution >= 4 is 11.8 Å². The van der Waals surface area contributed by atoms with Crippen LogP contribution in [-0.2, 0) is 9.59 Å². The van der Waals surface area contributed by atoms with Gasteiger partial charge in [0.25, 0.3) is 0 Å². The Morgan fingerprint density at radius 2 is 1.86 bits per heavy atom. The van der Waals surface area contributed by atoms with E-state index in [9.17, 15) is 14.7 Å². The van der Waals surface area contributed by atoms with Crippen LogP contribution in [0.5, 0.6) is 0 Å². The minimum absolute atomic E-state index is 0.00890. The zero-order valence-electron chi connectivity index (χ0n) is 13.6. The highest BCUT2D eigenvalue weighted by molar-refractivity contribution is 5.82. The Balaban J connectivity index is 1.62. The molecule has 22 heavy (non-hydrogen) atoms. The molecule has 1 spiro atoms. The van der Waals surface area contributed by atoms with E-state index in [0.29, 0.717) is 12.5 Å². The van der Waals surface area contributed by atoms with E-state index < -0.39 is 0 Å². The highest BCUT2D eigenvalue weighted by Crippen LogP contribution is 2.45. The highest BCUT2D eigenvalue weighted by Gasteiger charge is 2.50. The van der Waals surface area contributed by atoms with E-state index in [1.54, 1.807) is 6.92 Å². The van der Waals surface area contributed by atoms with Gasteiger partial charge in [-0.15, -0.1) is 0 Å². The summed E-state index contributed by atoms with van der Waals surface area (Å²) in [5.74, 6) is 0.760. The van der Waals surface area contributed by atoms with E-state index in [1.165, 1.54) is 0 Å². The number of nitrogens with zero attached hydrogens (tertiary/aromatic N) is 2. The molecular weight excluding hydrogens is 280 g/mol. The fourth-order valence-electron chi connectivity index (χ4n) is 4.49. The van der Waals surface area contributed by atoms with E-state index in [2.05, 4.69) is 4.90 Å². The van der Waals surface area contributed by atoms with E-state index in [1.807, 2.05) is 4.90 Å². The molecule has 1 unspecified atom stereocenters. The second-order valence-electron chi connectivity index (χ2n) is 7.39. The van der Waals surface area contributed by atoms with Gasteiger partial charge in [0.1, 0.15) is 0 Å². The summed E-state index contributed by atoms with van der Waals surface area (Å²) in [6, 6.07) is 0. The van der Waals surface area contributed by atoms with Gasteiger partial charge < -0.3 is 14.9 Å². The average molecular weight is 308 g/mol. The third kappa shape index (κ3) is 2.75. The fraction of sp³-hybridized carbons (Fsp3) is 0.882. The molecule has 1 N–H and O–H groups in total. The third-order valence-corrected chi connectivity index (χ3v) is 6.15. The molecule has 3 aliphatic rings. The Morgan fingerprint density at radius 3 is 2.41 bits per heavy atom. The number of likely N-dealkylation sites (tertiary alicyclic amines) is 2. The summed E-state index contributed by atoms with van der Waals surface area (Å²) in [6.07, 6.45) is 7.09. The number of amides is 2. The maximum atomic E-state index is 12.9. The SMILES string of the molecule is CC(=O)N1CCCC(C(=O)N2CCC23CCC(CO)CC3)C1. The van der Waals surface area contributed by atoms with Crippen LogP contribution in [0.2, 0.25) is 0 Å². The first-order chi connectivity index (χ1) is 10.6. The third-order valence-electron chi connectivity index (χ3n) is 6.15. The Labute approximate surface area is 132 Å². The van der Waals surface area contributed by atoms with Crippen LogP contribution >= 0.6 is 0 Å². The van der Waals surface area contributed by atoms with Crippen LogP contribution in [0.4, 0.5) is 0 Å². The molecule has 124 valence electrons. The summed E-state index contributed by atoms with van der Waals surface area (Å²) in [6.45, 7) is 4.13. The predicted molar refractivity (Wildman–Crippen MR) is 83.1 cm³/mol. The zero-order valence-corrected chi connectivity index (χ0v) is 13.6. The number of carbonyl (C=O) groups is 2. The van der Waals surface area contributed by atoms with Gasteiger partial charge in [-0.3, -0.25) is 9.59 Å². The average Bonchev–Trinajstić information content (AvgIpc) is 2.54. The lowest BCUT2D eigenvalue weighted by Crippen LogP contribution is -2.65. The first-order valence-electron chi connectivity index (χ1n) is 8.73. The van der Waals surface area contributed by atoms with Gasteiger partial charge in [-0.1, -0.05) is 0 Å². The molecule has 0 bridgehead atoms. The van der Waals surface area contributed by atoms with Crippen molar-refractivity contribution in [3.8, 4) is 0 Å². The molecule has 2 amide bonds. The van der Waals surface area contributed by atoms with Crippen LogP contribution in [0.3, 0.4) is 0 Å². The van der Waals surface area contributed by atoms with Crippen LogP contribution in [0.15, 0.2) is 0 Å². The maximum absolute atomic E-state index is 12.9. The Hall–Kier alpha value is -1.10. The van der Waals surface area contributed by atoms with Crippen molar-refractivity contribution in [1.29, 1.82) is 0 Å². The smallest absolute Gasteiger partial charge is 0.227 e. The number of hydrogen-bond acceptors (Lipinski definition) is 3. The van der Waals surface area contributed by atoms with Gasteiger partial charge in [-0.05, 0) is 50.9 Å². The molecule has 0 radical (unpaired) electrons. The number of piperidine rings is 1. The molecule has 1 saturated carbocycles. The summed E-state index contributed by atoms with van der Waals surface area (Å²) in [5.41, 5.74) is 0.0707. The van der Waals surface area contributed by atoms with Gasteiger partial charge in [0, 0.05) is 38.7 Å². The predicted octanol–water partition coefficient (Wildman–Crippen LogP) is 1.40. The van der Waals surface area contributed by atoms with E-state index in [0.717, 1.165) is 58.0 Å². The van der Waals surface area contributed by atoms with Gasteiger partial charge >= 0.3 is 0 Å². The van der Waals surface area contributed by atoms with Gasteiger partial charge in [0.05, 0.1) is 5.92 Å². The molecule has 0 aromatic carbocycles. The van der Waals surface area contributed by atoms with Gasteiger partial charge in [0.2, 0.25) is 11.8 Å². The summed E-state index contributed by atoms with van der Waals surface area (Å²) < 4.78 is 0. The molecule has 1 aliphatic carbocycles. The first kappa shape index (κ1) is 15.8. The summed E-state index contributed by atoms with van der Waals surface area (Å²) in [5, 5.41) is 9.29. The molecule has 2 aliphatic heterocycles. The van der Waals surface area contributed by atoms with Crippen molar-refractivity contribution in [3.63, 3.8) is 0 Å². The van der Waals surface area contributed by atoms with Crippen molar-refractivity contribution in [2.24, 2.45) is 11.8 Å². The van der Waals surface area contributed by atoms with E-state index in [-0.39, 0.29) is 29.9 Å². The number of rotatable bonds is 2. The molecule has 5 nitrogen and oxygen atoms in total. The van der Waals surface area contributed by atoms with Crippen LogP contribution < -0.4 is 0 Å². The van der Waals surface area contributed by atoms with Crippen molar-refractivity contribution < 1.29 is 14.7 Å². The molecule has 3 fully saturated rings. The number of aliphatic hydroxyl groups excluding tert-OH is 1. The summed E-state index contributed by atoms with van der Waals surface area (Å²) in [7, 11) is 0. The van der Waals surface area contributed by atoms with Crippen molar-refractivity contribution in [2.75, 3.05) is 26.2 Å². The van der Waals surface area contributed by atoms with Crippen molar-refractivity contribution in [2.45, 2.75) is 57.4 Å². The molecule has 0 aromatic rings. The largest absolute Gasteiger partial charge is 0.396 e. The summed E-state index contributed by atoms with van der Waals surface area (Å²) in [4.78, 5) is 28.4. The summed E-state index contributed by atoms with van der Waals surface area (Å²) >= 11 is 0. The number of hydrogen-bond donors (Lipinski definition) is 1. The van der Waals surface area contributed by atoms with Crippen LogP contribution in [-0.4, -0.2) is 58.5 Å². The second kappa shape index (κ2) is 6.19. The zero-order chi connectivity index (χ0) is 15.7. The number of aliphatic hydroxyl groups is 1. The topological polar surface area (TPSA) is 60.9 Å². The molecule has 3 rings (SSSR count). The molecule has 1 atom stereocenters. The van der Waals surface area contributed by atoms with Crippen LogP contribution in [0.25, 0.3) is 0 Å². The number of carbonyl (C=O) groups excluding carboxylic acids is 2. The fourth-order valence-corrected chi connectivity index (χ4v) is 4.49. The van der Waals surface area contributed by atoms with Crippen molar-refractivity contribution in [1.82, 2.24) is 9.80 Å². The van der Waals surface area contributed by atoms with E-state index in [4.69, 9.17) is 0 Å². The minimum atomic E-state index is -0.00890. The van der Waals surface area contributed by atoms with Crippen LogP contribution in [0, 0.1) is 11.8 Å². The van der Waals surface area contributed by atoms with Crippen molar-refractivity contribution in [3.05, 3.63) is 0 Å². The van der Waals surface area contributed by atoms with Gasteiger partial charge in [0.15, 0.2) is 0 Å². The molecule has 5 heteroatoms. The maximum Gasteiger partial charge on any atom is 0.227 e. The molecule has 2 saturated heterocycles. The molecule has 0 aromatic heterocycles. The van der Waals surface area contributed by atoms with Crippen LogP contribution in [0.1, 0.15) is 51.9 Å².